The summed E-state index contributed by atoms with van der Waals surface area (Å²) in [7, 11) is 3.29. The number of ether oxygens (including phenoxy) is 1. The lowest BCUT2D eigenvalue weighted by Crippen LogP contribution is -2.15. The van der Waals surface area contributed by atoms with Crippen LogP contribution in [0.2, 0.25) is 5.02 Å². The lowest BCUT2D eigenvalue weighted by atomic mass is 10.2. The number of methoxy groups -OCH3 is 1. The summed E-state index contributed by atoms with van der Waals surface area (Å²) in [4.78, 5) is 18.0. The van der Waals surface area contributed by atoms with Gasteiger partial charge in [0.2, 0.25) is 0 Å². The van der Waals surface area contributed by atoms with Crippen LogP contribution in [-0.4, -0.2) is 25.1 Å². The molecule has 2 rings (SSSR count). The molecule has 0 saturated heterocycles. The van der Waals surface area contributed by atoms with Crippen molar-refractivity contribution in [3.63, 3.8) is 0 Å². The van der Waals surface area contributed by atoms with E-state index in [1.54, 1.807) is 0 Å². The highest BCUT2D eigenvalue weighted by Crippen LogP contribution is 2.23. The largest absolute Gasteiger partial charge is 0.465 e. The van der Waals surface area contributed by atoms with E-state index in [9.17, 15) is 4.79 Å². The Kier molecular flexibility index (Phi) is 4.39. The van der Waals surface area contributed by atoms with Crippen molar-refractivity contribution in [1.82, 2.24) is 4.98 Å². The van der Waals surface area contributed by atoms with Crippen LogP contribution in [0.25, 0.3) is 0 Å². The second-order valence-electron chi connectivity index (χ2n) is 3.98. The molecule has 0 amide bonds. The zero-order valence-electron chi connectivity index (χ0n) is 10.6. The van der Waals surface area contributed by atoms with Crippen LogP contribution in [0.15, 0.2) is 30.5 Å². The van der Waals surface area contributed by atoms with Gasteiger partial charge in [0.05, 0.1) is 13.3 Å². The Balaban J connectivity index is 2.07. The SMILES string of the molecule is COC(=O)c1cnc(N(C)Cc2ccc(Cl)cc2)s1. The van der Waals surface area contributed by atoms with Gasteiger partial charge >= 0.3 is 5.97 Å². The lowest BCUT2D eigenvalue weighted by Gasteiger charge is -2.15. The molecule has 2 aromatic rings. The highest BCUT2D eigenvalue weighted by atomic mass is 35.5. The number of aromatic nitrogens is 1. The topological polar surface area (TPSA) is 42.4 Å². The fourth-order valence-corrected chi connectivity index (χ4v) is 2.49. The van der Waals surface area contributed by atoms with Crippen molar-refractivity contribution >= 4 is 34.0 Å². The van der Waals surface area contributed by atoms with E-state index in [0.29, 0.717) is 16.4 Å². The first-order valence-electron chi connectivity index (χ1n) is 5.60. The summed E-state index contributed by atoms with van der Waals surface area (Å²) in [6.45, 7) is 0.700. The van der Waals surface area contributed by atoms with Crippen molar-refractivity contribution in [3.05, 3.63) is 45.9 Å². The van der Waals surface area contributed by atoms with E-state index < -0.39 is 0 Å². The monoisotopic (exact) mass is 296 g/mol. The molecule has 0 saturated carbocycles. The van der Waals surface area contributed by atoms with Crippen LogP contribution in [0, 0.1) is 0 Å². The average Bonchev–Trinajstić information content (AvgIpc) is 2.90. The maximum atomic E-state index is 11.4. The Hall–Kier alpha value is -1.59. The maximum Gasteiger partial charge on any atom is 0.349 e. The van der Waals surface area contributed by atoms with E-state index in [2.05, 4.69) is 9.72 Å². The number of carbonyl (C=O) groups excluding carboxylic acids is 1. The van der Waals surface area contributed by atoms with Crippen LogP contribution in [0.3, 0.4) is 0 Å². The molecule has 0 unspecified atom stereocenters. The van der Waals surface area contributed by atoms with Crippen molar-refractivity contribution in [2.45, 2.75) is 6.54 Å². The summed E-state index contributed by atoms with van der Waals surface area (Å²) in [5, 5.41) is 1.49. The number of hydrogen-bond donors (Lipinski definition) is 0. The summed E-state index contributed by atoms with van der Waals surface area (Å²) in [6, 6.07) is 7.64. The van der Waals surface area contributed by atoms with Crippen LogP contribution in [0.1, 0.15) is 15.2 Å². The van der Waals surface area contributed by atoms with Crippen LogP contribution >= 0.6 is 22.9 Å². The molecule has 4 nitrogen and oxygen atoms in total. The molecule has 0 aliphatic heterocycles. The summed E-state index contributed by atoms with van der Waals surface area (Å²) < 4.78 is 4.66. The number of esters is 1. The number of benzene rings is 1. The summed E-state index contributed by atoms with van der Waals surface area (Å²) in [6.07, 6.45) is 1.53. The number of halogens is 1. The maximum absolute atomic E-state index is 11.4. The van der Waals surface area contributed by atoms with Crippen molar-refractivity contribution in [2.75, 3.05) is 19.1 Å². The molecule has 1 heterocycles. The van der Waals surface area contributed by atoms with Crippen molar-refractivity contribution in [3.8, 4) is 0 Å². The molecule has 0 aliphatic rings. The third kappa shape index (κ3) is 3.45. The summed E-state index contributed by atoms with van der Waals surface area (Å²) in [5.74, 6) is -0.358. The Bertz CT molecular complexity index is 568. The molecule has 0 aliphatic carbocycles. The zero-order valence-corrected chi connectivity index (χ0v) is 12.2. The normalized spacial score (nSPS) is 10.3. The fraction of sp³-hybridized carbons (Fsp3) is 0.231. The molecule has 6 heteroatoms. The molecule has 0 spiro atoms. The molecular formula is C13H13ClN2O2S. The molecule has 19 heavy (non-hydrogen) atoms. The molecule has 100 valence electrons. The number of thiazole rings is 1. The smallest absolute Gasteiger partial charge is 0.349 e. The third-order valence-corrected chi connectivity index (χ3v) is 3.88. The highest BCUT2D eigenvalue weighted by molar-refractivity contribution is 7.17. The van der Waals surface area contributed by atoms with Crippen molar-refractivity contribution in [2.24, 2.45) is 0 Å². The van der Waals surface area contributed by atoms with Gasteiger partial charge in [0.15, 0.2) is 5.13 Å². The minimum atomic E-state index is -0.358. The quantitative estimate of drug-likeness (QED) is 0.813. The number of rotatable bonds is 4. The van der Waals surface area contributed by atoms with Crippen LogP contribution < -0.4 is 4.90 Å². The highest BCUT2D eigenvalue weighted by Gasteiger charge is 2.13. The molecule has 0 N–H and O–H groups in total. The Labute approximate surface area is 120 Å². The van der Waals surface area contributed by atoms with Gasteiger partial charge in [-0.1, -0.05) is 35.1 Å². The molecule has 0 radical (unpaired) electrons. The van der Waals surface area contributed by atoms with E-state index in [0.717, 1.165) is 10.7 Å². The predicted molar refractivity (Wildman–Crippen MR) is 77.0 cm³/mol. The zero-order chi connectivity index (χ0) is 13.8. The standard InChI is InChI=1S/C13H13ClN2O2S/c1-16(8-9-3-5-10(14)6-4-9)13-15-7-11(19-13)12(17)18-2/h3-7H,8H2,1-2H3. The molecule has 1 aromatic heterocycles. The first-order valence-corrected chi connectivity index (χ1v) is 6.79. The van der Waals surface area contributed by atoms with E-state index in [-0.39, 0.29) is 5.97 Å². The minimum absolute atomic E-state index is 0.358. The first-order chi connectivity index (χ1) is 9.10. The third-order valence-electron chi connectivity index (χ3n) is 2.54. The van der Waals surface area contributed by atoms with Crippen LogP contribution in [-0.2, 0) is 11.3 Å². The van der Waals surface area contributed by atoms with Gasteiger partial charge in [-0.25, -0.2) is 9.78 Å². The summed E-state index contributed by atoms with van der Waals surface area (Å²) in [5.41, 5.74) is 1.13. The van der Waals surface area contributed by atoms with E-state index in [1.165, 1.54) is 24.6 Å². The second-order valence-corrected chi connectivity index (χ2v) is 5.43. The van der Waals surface area contributed by atoms with Gasteiger partial charge in [-0.15, -0.1) is 0 Å². The molecular weight excluding hydrogens is 284 g/mol. The molecule has 0 fully saturated rings. The van der Waals surface area contributed by atoms with Gasteiger partial charge in [0, 0.05) is 18.6 Å². The van der Waals surface area contributed by atoms with Gasteiger partial charge in [-0.05, 0) is 17.7 Å². The summed E-state index contributed by atoms with van der Waals surface area (Å²) >= 11 is 7.15. The van der Waals surface area contributed by atoms with Gasteiger partial charge in [0.25, 0.3) is 0 Å². The van der Waals surface area contributed by atoms with E-state index in [1.807, 2.05) is 36.2 Å². The number of anilines is 1. The predicted octanol–water partition coefficient (Wildman–Crippen LogP) is 3.22. The van der Waals surface area contributed by atoms with Gasteiger partial charge in [0.1, 0.15) is 4.88 Å². The van der Waals surface area contributed by atoms with Crippen LogP contribution in [0.4, 0.5) is 5.13 Å². The Morgan fingerprint density at radius 3 is 2.74 bits per heavy atom. The molecule has 1 aromatic carbocycles. The fourth-order valence-electron chi connectivity index (χ4n) is 1.57. The first kappa shape index (κ1) is 13.8. The molecule has 0 atom stereocenters. The second kappa shape index (κ2) is 6.04. The number of hydrogen-bond acceptors (Lipinski definition) is 5. The Morgan fingerprint density at radius 1 is 1.42 bits per heavy atom. The van der Waals surface area contributed by atoms with Gasteiger partial charge < -0.3 is 9.64 Å². The van der Waals surface area contributed by atoms with Crippen molar-refractivity contribution in [1.29, 1.82) is 0 Å². The average molecular weight is 297 g/mol. The van der Waals surface area contributed by atoms with Gasteiger partial charge in [-0.2, -0.15) is 0 Å². The minimum Gasteiger partial charge on any atom is -0.465 e. The molecule has 0 bridgehead atoms. The Morgan fingerprint density at radius 2 is 2.11 bits per heavy atom. The van der Waals surface area contributed by atoms with E-state index >= 15 is 0 Å². The van der Waals surface area contributed by atoms with Gasteiger partial charge in [-0.3, -0.25) is 0 Å². The van der Waals surface area contributed by atoms with Crippen molar-refractivity contribution < 1.29 is 9.53 Å². The number of nitrogens with zero attached hydrogens (tertiary/aromatic N) is 2. The van der Waals surface area contributed by atoms with Crippen LogP contribution in [0.5, 0.6) is 0 Å². The lowest BCUT2D eigenvalue weighted by molar-refractivity contribution is 0.0606. The number of carbonyl (C=O) groups is 1. The van der Waals surface area contributed by atoms with E-state index in [4.69, 9.17) is 11.6 Å².